The molecule has 0 heterocycles. The summed E-state index contributed by atoms with van der Waals surface area (Å²) in [5.74, 6) is 0. The Morgan fingerprint density at radius 3 is 1.95 bits per heavy atom. The predicted octanol–water partition coefficient (Wildman–Crippen LogP) is 4.71. The van der Waals surface area contributed by atoms with E-state index in [9.17, 15) is 0 Å². The van der Waals surface area contributed by atoms with Gasteiger partial charge in [-0.15, -0.1) is 0 Å². The molecule has 0 aliphatic rings. The first kappa shape index (κ1) is 13.8. The molecule has 0 atom stereocenters. The molecule has 0 N–H and O–H groups in total. The van der Waals surface area contributed by atoms with E-state index < -0.39 is 0 Å². The molecule has 3 aromatic rings. The highest BCUT2D eigenvalue weighted by Crippen LogP contribution is 2.31. The highest BCUT2D eigenvalue weighted by atomic mass is 15.3. The molecule has 1 heteroatoms. The molecule has 0 spiro atoms. The lowest BCUT2D eigenvalue weighted by atomic mass is 9.95. The zero-order chi connectivity index (χ0) is 14.9. The van der Waals surface area contributed by atoms with Gasteiger partial charge in [0, 0.05) is 5.56 Å². The van der Waals surface area contributed by atoms with Crippen LogP contribution in [0.5, 0.6) is 0 Å². The average molecular weight is 276 g/mol. The fourth-order valence-electron chi connectivity index (χ4n) is 2.88. The summed E-state index contributed by atoms with van der Waals surface area (Å²) in [6, 6.07) is 23.9. The van der Waals surface area contributed by atoms with Gasteiger partial charge in [0.05, 0.1) is 21.1 Å². The van der Waals surface area contributed by atoms with Gasteiger partial charge in [-0.1, -0.05) is 66.7 Å². The minimum atomic E-state index is 0.939. The van der Waals surface area contributed by atoms with E-state index in [1.807, 2.05) is 0 Å². The Hall–Kier alpha value is -2.12. The van der Waals surface area contributed by atoms with Gasteiger partial charge in [-0.25, -0.2) is 0 Å². The van der Waals surface area contributed by atoms with Crippen LogP contribution >= 0.6 is 0 Å². The third-order valence-electron chi connectivity index (χ3n) is 3.74. The highest BCUT2D eigenvalue weighted by Gasteiger charge is 2.13. The Bertz CT molecular complexity index is 752. The topological polar surface area (TPSA) is 0 Å². The molecule has 0 saturated heterocycles. The lowest BCUT2D eigenvalue weighted by Gasteiger charge is -2.25. The van der Waals surface area contributed by atoms with Gasteiger partial charge in [0.15, 0.2) is 0 Å². The van der Waals surface area contributed by atoms with Crippen molar-refractivity contribution in [3.8, 4) is 11.1 Å². The van der Waals surface area contributed by atoms with Crippen LogP contribution in [0.15, 0.2) is 66.7 Å². The minimum absolute atomic E-state index is 0.939. The van der Waals surface area contributed by atoms with Crippen molar-refractivity contribution >= 4 is 10.8 Å². The van der Waals surface area contributed by atoms with Gasteiger partial charge in [-0.2, -0.15) is 0 Å². The summed E-state index contributed by atoms with van der Waals surface area (Å²) in [6.07, 6.45) is 0. The normalized spacial score (nSPS) is 11.8. The van der Waals surface area contributed by atoms with Crippen molar-refractivity contribution in [2.75, 3.05) is 21.1 Å². The molecule has 21 heavy (non-hydrogen) atoms. The first-order valence-corrected chi connectivity index (χ1v) is 7.41. The van der Waals surface area contributed by atoms with Crippen molar-refractivity contribution in [2.45, 2.75) is 6.54 Å². The molecular weight excluding hydrogens is 254 g/mol. The maximum absolute atomic E-state index is 2.29. The summed E-state index contributed by atoms with van der Waals surface area (Å²) in [4.78, 5) is 0. The van der Waals surface area contributed by atoms with E-state index in [1.54, 1.807) is 0 Å². The minimum Gasteiger partial charge on any atom is -0.327 e. The van der Waals surface area contributed by atoms with Crippen LogP contribution in [-0.4, -0.2) is 25.6 Å². The molecule has 0 aromatic heterocycles. The molecule has 106 valence electrons. The summed E-state index contributed by atoms with van der Waals surface area (Å²) in [5.41, 5.74) is 4.01. The number of hydrogen-bond donors (Lipinski definition) is 0. The van der Waals surface area contributed by atoms with E-state index in [0.717, 1.165) is 11.0 Å². The van der Waals surface area contributed by atoms with E-state index in [4.69, 9.17) is 0 Å². The molecule has 0 aliphatic carbocycles. The predicted molar refractivity (Wildman–Crippen MR) is 91.1 cm³/mol. The molecule has 0 radical (unpaired) electrons. The van der Waals surface area contributed by atoms with Gasteiger partial charge >= 0.3 is 0 Å². The first-order chi connectivity index (χ1) is 10.0. The van der Waals surface area contributed by atoms with Crippen molar-refractivity contribution in [2.24, 2.45) is 0 Å². The summed E-state index contributed by atoms with van der Waals surface area (Å²) >= 11 is 0. The van der Waals surface area contributed by atoms with Crippen molar-refractivity contribution < 1.29 is 4.48 Å². The number of benzene rings is 3. The van der Waals surface area contributed by atoms with Gasteiger partial charge in [0.2, 0.25) is 0 Å². The Morgan fingerprint density at radius 2 is 1.29 bits per heavy atom. The lowest BCUT2D eigenvalue weighted by molar-refractivity contribution is -0.883. The van der Waals surface area contributed by atoms with E-state index in [2.05, 4.69) is 87.9 Å². The van der Waals surface area contributed by atoms with Crippen molar-refractivity contribution in [3.63, 3.8) is 0 Å². The number of quaternary nitrogens is 1. The van der Waals surface area contributed by atoms with Gasteiger partial charge < -0.3 is 4.48 Å². The summed E-state index contributed by atoms with van der Waals surface area (Å²) in [7, 11) is 6.71. The molecule has 0 bridgehead atoms. The fourth-order valence-corrected chi connectivity index (χ4v) is 2.88. The van der Waals surface area contributed by atoms with E-state index >= 15 is 0 Å². The maximum atomic E-state index is 2.29. The Morgan fingerprint density at radius 1 is 0.667 bits per heavy atom. The number of fused-ring (bicyclic) bond motifs is 1. The van der Waals surface area contributed by atoms with Crippen molar-refractivity contribution in [1.82, 2.24) is 0 Å². The number of hydrogen-bond acceptors (Lipinski definition) is 0. The molecule has 0 saturated carbocycles. The van der Waals surface area contributed by atoms with Crippen LogP contribution in [0.25, 0.3) is 21.9 Å². The van der Waals surface area contributed by atoms with Gasteiger partial charge in [0.1, 0.15) is 6.54 Å². The monoisotopic (exact) mass is 276 g/mol. The van der Waals surface area contributed by atoms with Crippen LogP contribution in [-0.2, 0) is 6.54 Å². The van der Waals surface area contributed by atoms with Gasteiger partial charge in [-0.05, 0) is 21.9 Å². The summed E-state index contributed by atoms with van der Waals surface area (Å²) in [5, 5.41) is 2.71. The maximum Gasteiger partial charge on any atom is 0.104 e. The van der Waals surface area contributed by atoms with Crippen LogP contribution in [0, 0.1) is 0 Å². The third-order valence-corrected chi connectivity index (χ3v) is 3.74. The molecule has 1 nitrogen and oxygen atoms in total. The van der Waals surface area contributed by atoms with Crippen LogP contribution < -0.4 is 0 Å². The molecule has 3 aromatic carbocycles. The second-order valence-corrected chi connectivity index (χ2v) is 6.63. The van der Waals surface area contributed by atoms with Crippen molar-refractivity contribution in [3.05, 3.63) is 72.3 Å². The lowest BCUT2D eigenvalue weighted by Crippen LogP contribution is -2.33. The zero-order valence-corrected chi connectivity index (χ0v) is 13.0. The zero-order valence-electron chi connectivity index (χ0n) is 13.0. The second kappa shape index (κ2) is 5.34. The first-order valence-electron chi connectivity index (χ1n) is 7.41. The Balaban J connectivity index is 2.20. The molecular formula is C20H22N+. The van der Waals surface area contributed by atoms with Gasteiger partial charge in [0.25, 0.3) is 0 Å². The van der Waals surface area contributed by atoms with Crippen LogP contribution in [0.4, 0.5) is 0 Å². The van der Waals surface area contributed by atoms with E-state index in [1.165, 1.54) is 27.5 Å². The van der Waals surface area contributed by atoms with Gasteiger partial charge in [-0.3, -0.25) is 0 Å². The van der Waals surface area contributed by atoms with E-state index in [-0.39, 0.29) is 0 Å². The molecule has 3 rings (SSSR count). The van der Waals surface area contributed by atoms with Crippen LogP contribution in [0.1, 0.15) is 5.56 Å². The largest absolute Gasteiger partial charge is 0.327 e. The smallest absolute Gasteiger partial charge is 0.104 e. The second-order valence-electron chi connectivity index (χ2n) is 6.63. The van der Waals surface area contributed by atoms with E-state index in [0.29, 0.717) is 0 Å². The SMILES string of the molecule is C[N+](C)(C)Cc1ccc(-c2ccccc2)c2ccccc12. The molecule has 0 aliphatic heterocycles. The number of rotatable bonds is 3. The molecule has 0 fully saturated rings. The number of nitrogens with zero attached hydrogens (tertiary/aromatic N) is 1. The van der Waals surface area contributed by atoms with Crippen LogP contribution in [0.2, 0.25) is 0 Å². The Kier molecular flexibility index (Phi) is 3.52. The quantitative estimate of drug-likeness (QED) is 0.608. The highest BCUT2D eigenvalue weighted by molar-refractivity contribution is 5.98. The fraction of sp³-hybridized carbons (Fsp3) is 0.200. The third kappa shape index (κ3) is 2.98. The summed E-state index contributed by atoms with van der Waals surface area (Å²) < 4.78 is 0.939. The molecule has 0 unspecified atom stereocenters. The van der Waals surface area contributed by atoms with Crippen LogP contribution in [0.3, 0.4) is 0 Å². The summed E-state index contributed by atoms with van der Waals surface area (Å²) in [6.45, 7) is 1.04. The standard InChI is InChI=1S/C20H22N/c1-21(2,3)15-17-13-14-19(16-9-5-4-6-10-16)20-12-8-7-11-18(17)20/h4-14H,15H2,1-3H3/q+1. The average Bonchev–Trinajstić information content (AvgIpc) is 2.47. The Labute approximate surface area is 127 Å². The molecule has 0 amide bonds. The van der Waals surface area contributed by atoms with Crippen molar-refractivity contribution in [1.29, 1.82) is 0 Å².